The number of alkyl halides is 3. The lowest BCUT2D eigenvalue weighted by molar-refractivity contribution is -0.137. The third kappa shape index (κ3) is 4.52. The summed E-state index contributed by atoms with van der Waals surface area (Å²) in [5.74, 6) is 0. The molecule has 1 aliphatic heterocycles. The Kier molecular flexibility index (Phi) is 6.27. The first-order valence-electron chi connectivity index (χ1n) is 11.6. The fourth-order valence-corrected chi connectivity index (χ4v) is 5.73. The van der Waals surface area contributed by atoms with Crippen LogP contribution in [0.15, 0.2) is 71.6 Å². The molecule has 1 saturated carbocycles. The zero-order valence-corrected chi connectivity index (χ0v) is 19.9. The SMILES string of the molecule is NSc1ccc(CNC(=O)N2CC3(CCCC3)c3cc(-c4ccccc4C(F)(F)F)ccc32)cc1. The summed E-state index contributed by atoms with van der Waals surface area (Å²) in [5.41, 5.74) is 2.56. The van der Waals surface area contributed by atoms with E-state index in [0.717, 1.165) is 53.5 Å². The fraction of sp³-hybridized carbons (Fsp3) is 0.296. The maximum absolute atomic E-state index is 13.7. The minimum atomic E-state index is -4.44. The van der Waals surface area contributed by atoms with Crippen LogP contribution in [-0.2, 0) is 18.1 Å². The van der Waals surface area contributed by atoms with Crippen LogP contribution >= 0.6 is 11.9 Å². The monoisotopic (exact) mass is 497 g/mol. The molecule has 0 aromatic heterocycles. The first-order chi connectivity index (χ1) is 16.8. The van der Waals surface area contributed by atoms with Gasteiger partial charge in [0.05, 0.1) is 5.56 Å². The number of carbonyl (C=O) groups excluding carboxylic acids is 1. The van der Waals surface area contributed by atoms with Crippen molar-refractivity contribution in [3.8, 4) is 11.1 Å². The number of carbonyl (C=O) groups is 1. The highest BCUT2D eigenvalue weighted by molar-refractivity contribution is 7.97. The standard InChI is InChI=1S/C27H26F3N3OS/c28-27(29,30)22-6-2-1-5-21(22)19-9-12-24-23(15-19)26(13-3-4-14-26)17-33(24)25(34)32-16-18-7-10-20(35-31)11-8-18/h1-2,5-12,15H,3-4,13-14,16-17,31H2,(H,32,34). The van der Waals surface area contributed by atoms with Gasteiger partial charge in [0, 0.05) is 29.1 Å². The number of urea groups is 1. The number of hydrogen-bond acceptors (Lipinski definition) is 3. The van der Waals surface area contributed by atoms with Crippen molar-refractivity contribution in [3.05, 3.63) is 83.4 Å². The summed E-state index contributed by atoms with van der Waals surface area (Å²) >= 11 is 1.17. The summed E-state index contributed by atoms with van der Waals surface area (Å²) in [6.45, 7) is 0.922. The maximum atomic E-state index is 13.7. The van der Waals surface area contributed by atoms with Gasteiger partial charge in [-0.25, -0.2) is 4.79 Å². The van der Waals surface area contributed by atoms with E-state index >= 15 is 0 Å². The Balaban J connectivity index is 1.45. The van der Waals surface area contributed by atoms with Crippen molar-refractivity contribution in [2.75, 3.05) is 11.4 Å². The Labute approximate surface area is 206 Å². The van der Waals surface area contributed by atoms with Crippen molar-refractivity contribution in [2.24, 2.45) is 5.14 Å². The number of rotatable bonds is 4. The van der Waals surface area contributed by atoms with Crippen molar-refractivity contribution < 1.29 is 18.0 Å². The normalized spacial score (nSPS) is 16.5. The smallest absolute Gasteiger partial charge is 0.334 e. The number of nitrogens with two attached hydrogens (primary N) is 1. The highest BCUT2D eigenvalue weighted by Gasteiger charge is 2.46. The molecule has 4 nitrogen and oxygen atoms in total. The van der Waals surface area contributed by atoms with E-state index in [4.69, 9.17) is 5.14 Å². The van der Waals surface area contributed by atoms with E-state index < -0.39 is 11.7 Å². The van der Waals surface area contributed by atoms with Crippen LogP contribution in [0.1, 0.15) is 42.4 Å². The first-order valence-corrected chi connectivity index (χ1v) is 12.5. The number of benzene rings is 3. The molecule has 3 aromatic carbocycles. The zero-order chi connectivity index (χ0) is 24.6. The van der Waals surface area contributed by atoms with Crippen LogP contribution in [0.5, 0.6) is 0 Å². The summed E-state index contributed by atoms with van der Waals surface area (Å²) in [6, 6.07) is 18.5. The highest BCUT2D eigenvalue weighted by Crippen LogP contribution is 2.52. The lowest BCUT2D eigenvalue weighted by atomic mass is 9.79. The van der Waals surface area contributed by atoms with E-state index in [2.05, 4.69) is 5.32 Å². The van der Waals surface area contributed by atoms with Gasteiger partial charge in [-0.2, -0.15) is 13.2 Å². The second-order valence-electron chi connectivity index (χ2n) is 9.27. The number of nitrogens with one attached hydrogen (secondary N) is 1. The maximum Gasteiger partial charge on any atom is 0.417 e. The Hall–Kier alpha value is -2.97. The van der Waals surface area contributed by atoms with Gasteiger partial charge in [0.2, 0.25) is 0 Å². The number of amides is 2. The molecule has 8 heteroatoms. The predicted octanol–water partition coefficient (Wildman–Crippen LogP) is 6.88. The second kappa shape index (κ2) is 9.24. The molecule has 3 N–H and O–H groups in total. The number of hydrogen-bond donors (Lipinski definition) is 2. The van der Waals surface area contributed by atoms with Crippen LogP contribution in [-0.4, -0.2) is 12.6 Å². The van der Waals surface area contributed by atoms with Gasteiger partial charge in [-0.05, 0) is 77.4 Å². The van der Waals surface area contributed by atoms with Gasteiger partial charge in [-0.15, -0.1) is 0 Å². The van der Waals surface area contributed by atoms with E-state index in [1.54, 1.807) is 23.1 Å². The summed E-state index contributed by atoms with van der Waals surface area (Å²) in [4.78, 5) is 15.9. The van der Waals surface area contributed by atoms with Crippen molar-refractivity contribution >= 4 is 23.7 Å². The Morgan fingerprint density at radius 3 is 2.43 bits per heavy atom. The Morgan fingerprint density at radius 2 is 1.74 bits per heavy atom. The summed E-state index contributed by atoms with van der Waals surface area (Å²) in [6.07, 6.45) is -0.500. The van der Waals surface area contributed by atoms with Crippen LogP contribution in [0, 0.1) is 0 Å². The second-order valence-corrected chi connectivity index (χ2v) is 9.98. The molecule has 0 atom stereocenters. The van der Waals surface area contributed by atoms with E-state index in [0.29, 0.717) is 18.7 Å². The molecular formula is C27H26F3N3OS. The molecule has 0 bridgehead atoms. The molecule has 0 unspecified atom stereocenters. The predicted molar refractivity (Wildman–Crippen MR) is 133 cm³/mol. The fourth-order valence-electron chi connectivity index (χ4n) is 5.44. The van der Waals surface area contributed by atoms with Crippen molar-refractivity contribution in [1.82, 2.24) is 5.32 Å². The molecule has 182 valence electrons. The van der Waals surface area contributed by atoms with Gasteiger partial charge in [-0.1, -0.05) is 49.2 Å². The minimum Gasteiger partial charge on any atom is -0.334 e. The van der Waals surface area contributed by atoms with Crippen molar-refractivity contribution in [3.63, 3.8) is 0 Å². The number of fused-ring (bicyclic) bond motifs is 2. The first kappa shape index (κ1) is 23.8. The summed E-state index contributed by atoms with van der Waals surface area (Å²) < 4.78 is 41.0. The van der Waals surface area contributed by atoms with E-state index in [1.807, 2.05) is 30.3 Å². The molecule has 0 saturated heterocycles. The van der Waals surface area contributed by atoms with Gasteiger partial charge in [0.25, 0.3) is 0 Å². The topological polar surface area (TPSA) is 58.4 Å². The molecule has 35 heavy (non-hydrogen) atoms. The van der Waals surface area contributed by atoms with Gasteiger partial charge in [0.1, 0.15) is 0 Å². The molecule has 3 aromatic rings. The highest BCUT2D eigenvalue weighted by atomic mass is 32.2. The molecule has 2 aliphatic rings. The quantitative estimate of drug-likeness (QED) is 0.386. The van der Waals surface area contributed by atoms with Crippen LogP contribution in [0.2, 0.25) is 0 Å². The molecule has 0 radical (unpaired) electrons. The molecule has 5 rings (SSSR count). The zero-order valence-electron chi connectivity index (χ0n) is 19.1. The van der Waals surface area contributed by atoms with Gasteiger partial charge >= 0.3 is 12.2 Å². The van der Waals surface area contributed by atoms with Crippen LogP contribution in [0.25, 0.3) is 11.1 Å². The molecule has 1 fully saturated rings. The number of nitrogens with zero attached hydrogens (tertiary/aromatic N) is 1. The lowest BCUT2D eigenvalue weighted by Gasteiger charge is -2.25. The van der Waals surface area contributed by atoms with Crippen molar-refractivity contribution in [2.45, 2.75) is 48.7 Å². The largest absolute Gasteiger partial charge is 0.417 e. The van der Waals surface area contributed by atoms with Crippen LogP contribution in [0.4, 0.5) is 23.7 Å². The van der Waals surface area contributed by atoms with Gasteiger partial charge in [0.15, 0.2) is 0 Å². The van der Waals surface area contributed by atoms with Crippen LogP contribution in [0.3, 0.4) is 0 Å². The van der Waals surface area contributed by atoms with E-state index in [-0.39, 0.29) is 17.0 Å². The molecular weight excluding hydrogens is 471 g/mol. The van der Waals surface area contributed by atoms with Crippen molar-refractivity contribution in [1.29, 1.82) is 0 Å². The van der Waals surface area contributed by atoms with Gasteiger partial charge in [-0.3, -0.25) is 10.0 Å². The lowest BCUT2D eigenvalue weighted by Crippen LogP contribution is -2.41. The molecule has 2 amide bonds. The average Bonchev–Trinajstić information content (AvgIpc) is 3.47. The van der Waals surface area contributed by atoms with E-state index in [1.165, 1.54) is 24.1 Å². The molecule has 1 spiro atoms. The third-order valence-electron chi connectivity index (χ3n) is 7.17. The Morgan fingerprint density at radius 1 is 1.03 bits per heavy atom. The number of anilines is 1. The summed E-state index contributed by atoms with van der Waals surface area (Å²) in [7, 11) is 0. The van der Waals surface area contributed by atoms with Gasteiger partial charge < -0.3 is 5.32 Å². The number of halogens is 3. The van der Waals surface area contributed by atoms with E-state index in [9.17, 15) is 18.0 Å². The Bertz CT molecular complexity index is 1240. The summed E-state index contributed by atoms with van der Waals surface area (Å²) in [5, 5.41) is 8.57. The van der Waals surface area contributed by atoms with Crippen LogP contribution < -0.4 is 15.4 Å². The molecule has 1 heterocycles. The molecule has 1 aliphatic carbocycles. The third-order valence-corrected chi connectivity index (χ3v) is 7.72. The minimum absolute atomic E-state index is 0.165. The average molecular weight is 498 g/mol.